The van der Waals surface area contributed by atoms with Gasteiger partial charge in [0.2, 0.25) is 0 Å². The second-order valence-electron chi connectivity index (χ2n) is 3.39. The van der Waals surface area contributed by atoms with Crippen LogP contribution in [0, 0.1) is 0 Å². The van der Waals surface area contributed by atoms with Crippen LogP contribution in [0.1, 0.15) is 44.2 Å². The van der Waals surface area contributed by atoms with Crippen molar-refractivity contribution in [2.45, 2.75) is 39.3 Å². The van der Waals surface area contributed by atoms with Gasteiger partial charge >= 0.3 is 0 Å². The van der Waals surface area contributed by atoms with E-state index in [1.165, 1.54) is 0 Å². The summed E-state index contributed by atoms with van der Waals surface area (Å²) in [7, 11) is 0. The molecule has 4 nitrogen and oxygen atoms in total. The second-order valence-corrected chi connectivity index (χ2v) is 3.39. The van der Waals surface area contributed by atoms with E-state index in [9.17, 15) is 0 Å². The molecule has 0 aliphatic heterocycles. The molecule has 1 aromatic heterocycles. The van der Waals surface area contributed by atoms with E-state index in [2.05, 4.69) is 16.9 Å². The molecule has 0 aromatic carbocycles. The normalized spacial score (nSPS) is 12.7. The highest BCUT2D eigenvalue weighted by atomic mass is 16.5. The fourth-order valence-corrected chi connectivity index (χ4v) is 1.39. The fraction of sp³-hybridized carbons (Fsp3) is 0.636. The maximum absolute atomic E-state index is 5.59. The summed E-state index contributed by atoms with van der Waals surface area (Å²) in [6.07, 6.45) is 5.57. The van der Waals surface area contributed by atoms with Gasteiger partial charge in [-0.05, 0) is 13.3 Å². The molecular formula is C11H19N3O. The Hall–Kier alpha value is -1.00. The smallest absolute Gasteiger partial charge is 0.157 e. The highest BCUT2D eigenvalue weighted by Gasteiger charge is 2.12. The molecule has 0 amide bonds. The number of hydrogen-bond donors (Lipinski definition) is 1. The van der Waals surface area contributed by atoms with Gasteiger partial charge in [-0.15, -0.1) is 0 Å². The first-order valence-electron chi connectivity index (χ1n) is 5.44. The van der Waals surface area contributed by atoms with E-state index >= 15 is 0 Å². The van der Waals surface area contributed by atoms with Gasteiger partial charge < -0.3 is 10.5 Å². The third-order valence-electron chi connectivity index (χ3n) is 2.17. The highest BCUT2D eigenvalue weighted by Crippen LogP contribution is 2.18. The number of rotatable bonds is 6. The molecule has 1 atom stereocenters. The highest BCUT2D eigenvalue weighted by molar-refractivity contribution is 5.05. The summed E-state index contributed by atoms with van der Waals surface area (Å²) in [5.41, 5.74) is 6.43. The number of hydrogen-bond acceptors (Lipinski definition) is 4. The SMILES string of the molecule is CCCC(OCC)c1ncc(CN)cn1. The first-order valence-corrected chi connectivity index (χ1v) is 5.44. The van der Waals surface area contributed by atoms with Gasteiger partial charge in [0.25, 0.3) is 0 Å². The van der Waals surface area contributed by atoms with Crippen LogP contribution in [0.25, 0.3) is 0 Å². The van der Waals surface area contributed by atoms with E-state index in [1.54, 1.807) is 12.4 Å². The molecule has 84 valence electrons. The Labute approximate surface area is 90.9 Å². The van der Waals surface area contributed by atoms with Crippen LogP contribution in [0.15, 0.2) is 12.4 Å². The molecule has 2 N–H and O–H groups in total. The average molecular weight is 209 g/mol. The molecule has 0 saturated carbocycles. The topological polar surface area (TPSA) is 61.0 Å². The van der Waals surface area contributed by atoms with Gasteiger partial charge in [-0.25, -0.2) is 9.97 Å². The lowest BCUT2D eigenvalue weighted by Gasteiger charge is -2.14. The predicted octanol–water partition coefficient (Wildman–Crippen LogP) is 1.81. The third-order valence-corrected chi connectivity index (χ3v) is 2.17. The summed E-state index contributed by atoms with van der Waals surface area (Å²) in [4.78, 5) is 8.54. The van der Waals surface area contributed by atoms with Crippen LogP contribution in [0.4, 0.5) is 0 Å². The van der Waals surface area contributed by atoms with Crippen molar-refractivity contribution in [3.05, 3.63) is 23.8 Å². The number of nitrogens with two attached hydrogens (primary N) is 1. The van der Waals surface area contributed by atoms with Crippen molar-refractivity contribution in [1.29, 1.82) is 0 Å². The second kappa shape index (κ2) is 6.48. The van der Waals surface area contributed by atoms with Gasteiger partial charge in [-0.2, -0.15) is 0 Å². The van der Waals surface area contributed by atoms with Crippen LogP contribution < -0.4 is 5.73 Å². The van der Waals surface area contributed by atoms with E-state index in [0.717, 1.165) is 24.2 Å². The Morgan fingerprint density at radius 2 is 2.00 bits per heavy atom. The Bertz CT molecular complexity index is 268. The number of nitrogens with zero attached hydrogens (tertiary/aromatic N) is 2. The zero-order chi connectivity index (χ0) is 11.1. The van der Waals surface area contributed by atoms with Crippen LogP contribution in [0.3, 0.4) is 0 Å². The van der Waals surface area contributed by atoms with E-state index in [0.29, 0.717) is 13.2 Å². The van der Waals surface area contributed by atoms with E-state index in [1.807, 2.05) is 6.92 Å². The van der Waals surface area contributed by atoms with Gasteiger partial charge in [0.05, 0.1) is 0 Å². The summed E-state index contributed by atoms with van der Waals surface area (Å²) in [6.45, 7) is 5.28. The minimum atomic E-state index is 0.0202. The number of aromatic nitrogens is 2. The molecule has 4 heteroatoms. The van der Waals surface area contributed by atoms with Crippen molar-refractivity contribution in [1.82, 2.24) is 9.97 Å². The zero-order valence-corrected chi connectivity index (χ0v) is 9.44. The first-order chi connectivity index (χ1) is 7.31. The molecule has 1 heterocycles. The maximum atomic E-state index is 5.59. The molecule has 1 unspecified atom stereocenters. The minimum Gasteiger partial charge on any atom is -0.371 e. The van der Waals surface area contributed by atoms with E-state index < -0.39 is 0 Å². The lowest BCUT2D eigenvalue weighted by Crippen LogP contribution is -2.09. The van der Waals surface area contributed by atoms with Crippen LogP contribution in [0.5, 0.6) is 0 Å². The molecule has 0 aliphatic rings. The summed E-state index contributed by atoms with van der Waals surface area (Å²) in [5.74, 6) is 0.760. The van der Waals surface area contributed by atoms with Gasteiger partial charge in [-0.3, -0.25) is 0 Å². The minimum absolute atomic E-state index is 0.0202. The third kappa shape index (κ3) is 3.57. The summed E-state index contributed by atoms with van der Waals surface area (Å²) in [5, 5.41) is 0. The lowest BCUT2D eigenvalue weighted by molar-refractivity contribution is 0.0493. The molecule has 0 bridgehead atoms. The molecule has 0 saturated heterocycles. The molecule has 0 radical (unpaired) electrons. The van der Waals surface area contributed by atoms with Gasteiger partial charge in [-0.1, -0.05) is 13.3 Å². The molecule has 1 rings (SSSR count). The Morgan fingerprint density at radius 1 is 1.33 bits per heavy atom. The quantitative estimate of drug-likeness (QED) is 0.776. The molecule has 1 aromatic rings. The summed E-state index contributed by atoms with van der Waals surface area (Å²) in [6, 6.07) is 0. The average Bonchev–Trinajstić information content (AvgIpc) is 2.29. The largest absolute Gasteiger partial charge is 0.371 e. The number of ether oxygens (including phenoxy) is 1. The predicted molar refractivity (Wildman–Crippen MR) is 59.2 cm³/mol. The Balaban J connectivity index is 2.72. The van der Waals surface area contributed by atoms with Crippen molar-refractivity contribution in [3.8, 4) is 0 Å². The van der Waals surface area contributed by atoms with Crippen LogP contribution in [0.2, 0.25) is 0 Å². The molecule has 15 heavy (non-hydrogen) atoms. The Morgan fingerprint density at radius 3 is 2.47 bits per heavy atom. The van der Waals surface area contributed by atoms with Crippen LogP contribution in [-0.2, 0) is 11.3 Å². The maximum Gasteiger partial charge on any atom is 0.157 e. The molecule has 0 spiro atoms. The van der Waals surface area contributed by atoms with Crippen molar-refractivity contribution >= 4 is 0 Å². The fourth-order valence-electron chi connectivity index (χ4n) is 1.39. The lowest BCUT2D eigenvalue weighted by atomic mass is 10.2. The molecule has 0 aliphatic carbocycles. The van der Waals surface area contributed by atoms with E-state index in [-0.39, 0.29) is 6.10 Å². The van der Waals surface area contributed by atoms with Gasteiger partial charge in [0.15, 0.2) is 5.82 Å². The zero-order valence-electron chi connectivity index (χ0n) is 9.44. The molecule has 0 fully saturated rings. The van der Waals surface area contributed by atoms with Crippen LogP contribution >= 0.6 is 0 Å². The summed E-state index contributed by atoms with van der Waals surface area (Å²) < 4.78 is 5.59. The van der Waals surface area contributed by atoms with Crippen molar-refractivity contribution < 1.29 is 4.74 Å². The Kier molecular flexibility index (Phi) is 5.21. The standard InChI is InChI=1S/C11H19N3O/c1-3-5-10(15-4-2)11-13-7-9(6-12)8-14-11/h7-8,10H,3-6,12H2,1-2H3. The van der Waals surface area contributed by atoms with Crippen molar-refractivity contribution in [3.63, 3.8) is 0 Å². The van der Waals surface area contributed by atoms with Crippen molar-refractivity contribution in [2.75, 3.05) is 6.61 Å². The van der Waals surface area contributed by atoms with Crippen LogP contribution in [-0.4, -0.2) is 16.6 Å². The molecular weight excluding hydrogens is 190 g/mol. The summed E-state index contributed by atoms with van der Waals surface area (Å²) >= 11 is 0. The van der Waals surface area contributed by atoms with Crippen molar-refractivity contribution in [2.24, 2.45) is 5.73 Å². The van der Waals surface area contributed by atoms with E-state index in [4.69, 9.17) is 10.5 Å². The van der Waals surface area contributed by atoms with Gasteiger partial charge in [0.1, 0.15) is 6.10 Å². The first kappa shape index (κ1) is 12.1. The van der Waals surface area contributed by atoms with Gasteiger partial charge in [0, 0.05) is 31.1 Å². The monoisotopic (exact) mass is 209 g/mol.